The summed E-state index contributed by atoms with van der Waals surface area (Å²) in [5.41, 5.74) is 7.25. The average molecular weight is 606 g/mol. The molecule has 2 N–H and O–H groups in total. The van der Waals surface area contributed by atoms with Crippen molar-refractivity contribution >= 4 is 40.0 Å². The van der Waals surface area contributed by atoms with Crippen molar-refractivity contribution < 1.29 is 9.59 Å². The lowest BCUT2D eigenvalue weighted by Crippen LogP contribution is -2.55. The first-order valence-corrected chi connectivity index (χ1v) is 16.3. The van der Waals surface area contributed by atoms with Gasteiger partial charge in [0, 0.05) is 47.7 Å². The molecule has 3 aliphatic rings. The van der Waals surface area contributed by atoms with Crippen LogP contribution in [-0.4, -0.2) is 63.5 Å². The SMILES string of the molecule is CNC(=O)c1cc(Nc2nc(-c3ccc4c(c3)N(C3CC(N5CCCC5)C3)C(=O)C4(C)C)cc3ncn(C(C)C)c23)ccc1C. The van der Waals surface area contributed by atoms with Gasteiger partial charge in [-0.1, -0.05) is 18.2 Å². The topological polar surface area (TPSA) is 95.4 Å². The lowest BCUT2D eigenvalue weighted by molar-refractivity contribution is -0.123. The Morgan fingerprint density at radius 2 is 1.78 bits per heavy atom. The number of carbonyl (C=O) groups is 2. The molecule has 2 fully saturated rings. The Morgan fingerprint density at radius 1 is 1.02 bits per heavy atom. The van der Waals surface area contributed by atoms with Crippen molar-refractivity contribution in [3.05, 3.63) is 65.5 Å². The number of fused-ring (bicyclic) bond motifs is 2. The molecule has 0 radical (unpaired) electrons. The van der Waals surface area contributed by atoms with E-state index in [-0.39, 0.29) is 23.9 Å². The van der Waals surface area contributed by atoms with Gasteiger partial charge in [0.25, 0.3) is 5.91 Å². The number of amides is 2. The molecule has 4 heterocycles. The summed E-state index contributed by atoms with van der Waals surface area (Å²) in [5.74, 6) is 0.725. The van der Waals surface area contributed by atoms with Crippen molar-refractivity contribution in [1.29, 1.82) is 0 Å². The fourth-order valence-electron chi connectivity index (χ4n) is 7.38. The zero-order valence-corrected chi connectivity index (χ0v) is 27.1. The molecule has 2 aliphatic heterocycles. The molecule has 0 unspecified atom stereocenters. The van der Waals surface area contributed by atoms with E-state index in [0.29, 0.717) is 17.4 Å². The third-order valence-electron chi connectivity index (χ3n) is 10.2. The van der Waals surface area contributed by atoms with E-state index in [1.54, 1.807) is 7.05 Å². The highest BCUT2D eigenvalue weighted by Crippen LogP contribution is 2.48. The third-order valence-corrected chi connectivity index (χ3v) is 10.2. The molecule has 0 bridgehead atoms. The fraction of sp³-hybridized carbons (Fsp3) is 0.444. The second-order valence-electron chi connectivity index (χ2n) is 13.8. The predicted octanol–water partition coefficient (Wildman–Crippen LogP) is 6.34. The van der Waals surface area contributed by atoms with Crippen LogP contribution in [0.3, 0.4) is 0 Å². The minimum absolute atomic E-state index is 0.131. The molecule has 0 spiro atoms. The maximum Gasteiger partial charge on any atom is 0.251 e. The highest BCUT2D eigenvalue weighted by Gasteiger charge is 2.50. The van der Waals surface area contributed by atoms with Gasteiger partial charge in [-0.2, -0.15) is 0 Å². The van der Waals surface area contributed by atoms with Crippen molar-refractivity contribution in [1.82, 2.24) is 24.8 Å². The number of nitrogens with zero attached hydrogens (tertiary/aromatic N) is 5. The van der Waals surface area contributed by atoms with E-state index >= 15 is 0 Å². The average Bonchev–Trinajstić information content (AvgIpc) is 3.72. The van der Waals surface area contributed by atoms with E-state index in [2.05, 4.69) is 57.0 Å². The molecule has 9 nitrogen and oxygen atoms in total. The quantitative estimate of drug-likeness (QED) is 0.255. The highest BCUT2D eigenvalue weighted by molar-refractivity contribution is 6.09. The number of aryl methyl sites for hydroxylation is 1. The number of hydrogen-bond acceptors (Lipinski definition) is 6. The molecule has 234 valence electrons. The Kier molecular flexibility index (Phi) is 7.19. The Balaban J connectivity index is 1.28. The van der Waals surface area contributed by atoms with Crippen LogP contribution in [-0.2, 0) is 10.2 Å². The van der Waals surface area contributed by atoms with Gasteiger partial charge in [0.05, 0.1) is 23.0 Å². The zero-order chi connectivity index (χ0) is 31.6. The molecule has 2 aromatic heterocycles. The second kappa shape index (κ2) is 11.0. The summed E-state index contributed by atoms with van der Waals surface area (Å²) >= 11 is 0. The number of benzene rings is 2. The molecular weight excluding hydrogens is 562 g/mol. The Bertz CT molecular complexity index is 1810. The molecular formula is C36H43N7O2. The number of carbonyl (C=O) groups excluding carboxylic acids is 2. The number of nitrogens with one attached hydrogen (secondary N) is 2. The zero-order valence-electron chi connectivity index (χ0n) is 27.1. The van der Waals surface area contributed by atoms with Crippen LogP contribution in [0.15, 0.2) is 48.8 Å². The molecule has 7 rings (SSSR count). The number of pyridine rings is 1. The maximum absolute atomic E-state index is 13.9. The molecule has 45 heavy (non-hydrogen) atoms. The van der Waals surface area contributed by atoms with Gasteiger partial charge in [0.2, 0.25) is 5.91 Å². The van der Waals surface area contributed by atoms with Crippen molar-refractivity contribution in [2.75, 3.05) is 30.4 Å². The molecule has 2 aromatic carbocycles. The van der Waals surface area contributed by atoms with E-state index in [1.165, 1.54) is 25.9 Å². The molecule has 0 atom stereocenters. The van der Waals surface area contributed by atoms with Gasteiger partial charge in [-0.3, -0.25) is 9.59 Å². The lowest BCUT2D eigenvalue weighted by atomic mass is 9.83. The van der Waals surface area contributed by atoms with Crippen molar-refractivity contribution in [3.63, 3.8) is 0 Å². The van der Waals surface area contributed by atoms with Gasteiger partial charge in [-0.15, -0.1) is 0 Å². The molecule has 4 aromatic rings. The molecule has 9 heteroatoms. The monoisotopic (exact) mass is 605 g/mol. The smallest absolute Gasteiger partial charge is 0.251 e. The van der Waals surface area contributed by atoms with Crippen LogP contribution >= 0.6 is 0 Å². The Labute approximate surface area is 265 Å². The fourth-order valence-corrected chi connectivity index (χ4v) is 7.38. The highest BCUT2D eigenvalue weighted by atomic mass is 16.2. The summed E-state index contributed by atoms with van der Waals surface area (Å²) in [6, 6.07) is 15.1. The van der Waals surface area contributed by atoms with Gasteiger partial charge in [-0.05, 0) is 109 Å². The van der Waals surface area contributed by atoms with Crippen molar-refractivity contribution in [3.8, 4) is 11.3 Å². The van der Waals surface area contributed by atoms with Gasteiger partial charge >= 0.3 is 0 Å². The first-order valence-electron chi connectivity index (χ1n) is 16.3. The van der Waals surface area contributed by atoms with Crippen LogP contribution in [0.25, 0.3) is 22.3 Å². The lowest BCUT2D eigenvalue weighted by Gasteiger charge is -2.45. The number of imidazole rings is 1. The number of hydrogen-bond donors (Lipinski definition) is 2. The standard InChI is InChI=1S/C36H43N7O2/c1-21(2)42-20-38-30-19-29(40-33(32(30)42)39-24-11-9-22(3)27(16-24)34(44)37-6)23-10-12-28-31(15-23)43(35(45)36(28,4)5)26-17-25(18-26)41-13-7-8-14-41/h9-12,15-16,19-21,25-26H,7-8,13-14,17-18H2,1-6H3,(H,37,44)(H,39,40). The summed E-state index contributed by atoms with van der Waals surface area (Å²) in [5, 5.41) is 6.25. The number of likely N-dealkylation sites (tertiary alicyclic amines) is 1. The van der Waals surface area contributed by atoms with E-state index in [4.69, 9.17) is 9.97 Å². The van der Waals surface area contributed by atoms with Crippen LogP contribution < -0.4 is 15.5 Å². The largest absolute Gasteiger partial charge is 0.355 e. The number of rotatable bonds is 7. The van der Waals surface area contributed by atoms with Gasteiger partial charge in [0.1, 0.15) is 5.52 Å². The summed E-state index contributed by atoms with van der Waals surface area (Å²) < 4.78 is 2.11. The molecule has 1 saturated heterocycles. The Hall–Kier alpha value is -4.24. The number of aromatic nitrogens is 3. The van der Waals surface area contributed by atoms with E-state index in [1.807, 2.05) is 51.4 Å². The Morgan fingerprint density at radius 3 is 2.49 bits per heavy atom. The summed E-state index contributed by atoms with van der Waals surface area (Å²) in [6.07, 6.45) is 6.49. The third kappa shape index (κ3) is 4.88. The summed E-state index contributed by atoms with van der Waals surface area (Å²) in [6.45, 7) is 12.6. The van der Waals surface area contributed by atoms with E-state index in [0.717, 1.165) is 57.6 Å². The van der Waals surface area contributed by atoms with Crippen LogP contribution in [0, 0.1) is 6.92 Å². The van der Waals surface area contributed by atoms with Crippen molar-refractivity contribution in [2.24, 2.45) is 0 Å². The van der Waals surface area contributed by atoms with E-state index < -0.39 is 5.41 Å². The van der Waals surface area contributed by atoms with Crippen molar-refractivity contribution in [2.45, 2.75) is 83.8 Å². The molecule has 1 saturated carbocycles. The van der Waals surface area contributed by atoms with Crippen LogP contribution in [0.5, 0.6) is 0 Å². The van der Waals surface area contributed by atoms with Gasteiger partial charge < -0.3 is 25.0 Å². The first kappa shape index (κ1) is 29.5. The minimum atomic E-state index is -0.569. The van der Waals surface area contributed by atoms with Gasteiger partial charge in [-0.25, -0.2) is 9.97 Å². The van der Waals surface area contributed by atoms with Crippen LogP contribution in [0.1, 0.15) is 80.9 Å². The maximum atomic E-state index is 13.9. The second-order valence-corrected chi connectivity index (χ2v) is 13.8. The number of anilines is 3. The van der Waals surface area contributed by atoms with Crippen LogP contribution in [0.2, 0.25) is 0 Å². The predicted molar refractivity (Wildman–Crippen MR) is 179 cm³/mol. The summed E-state index contributed by atoms with van der Waals surface area (Å²) in [4.78, 5) is 41.0. The van der Waals surface area contributed by atoms with E-state index in [9.17, 15) is 9.59 Å². The molecule has 2 amide bonds. The molecule has 1 aliphatic carbocycles. The van der Waals surface area contributed by atoms with Gasteiger partial charge in [0.15, 0.2) is 5.82 Å². The van der Waals surface area contributed by atoms with Crippen LogP contribution in [0.4, 0.5) is 17.2 Å². The normalized spacial score (nSPS) is 21.0. The summed E-state index contributed by atoms with van der Waals surface area (Å²) in [7, 11) is 1.64. The first-order chi connectivity index (χ1) is 21.6. The minimum Gasteiger partial charge on any atom is -0.355 e.